The summed E-state index contributed by atoms with van der Waals surface area (Å²) in [5.74, 6) is 0. The van der Waals surface area contributed by atoms with Crippen LogP contribution in [-0.4, -0.2) is 31.8 Å². The molecule has 1 aliphatic heterocycles. The lowest BCUT2D eigenvalue weighted by molar-refractivity contribution is 0.0512. The van der Waals surface area contributed by atoms with Gasteiger partial charge in [-0.2, -0.15) is 0 Å². The number of ether oxygens (including phenoxy) is 1. The van der Waals surface area contributed by atoms with Crippen molar-refractivity contribution >= 4 is 0 Å². The lowest BCUT2D eigenvalue weighted by Gasteiger charge is -2.10. The minimum absolute atomic E-state index is 0.476. The standard InChI is InChI=1S/C9H20N2O/c1-8-2-3-9(12-8)4-6-11-7-5-10/h8-9,11H,2-7,10H2,1H3/t8?,9-/m0/s1. The Morgan fingerprint density at radius 1 is 1.42 bits per heavy atom. The molecule has 2 atom stereocenters. The van der Waals surface area contributed by atoms with Gasteiger partial charge in [-0.25, -0.2) is 0 Å². The average molecular weight is 172 g/mol. The van der Waals surface area contributed by atoms with Crippen LogP contribution in [-0.2, 0) is 4.74 Å². The second-order valence-electron chi connectivity index (χ2n) is 3.47. The van der Waals surface area contributed by atoms with Gasteiger partial charge in [-0.1, -0.05) is 0 Å². The molecule has 0 spiro atoms. The Bertz CT molecular complexity index is 119. The van der Waals surface area contributed by atoms with Crippen LogP contribution in [0, 0.1) is 0 Å². The molecule has 0 aliphatic carbocycles. The smallest absolute Gasteiger partial charge is 0.0591 e. The number of nitrogens with one attached hydrogen (secondary N) is 1. The normalized spacial score (nSPS) is 29.5. The van der Waals surface area contributed by atoms with Gasteiger partial charge in [-0.05, 0) is 32.7 Å². The Kier molecular flexibility index (Phi) is 4.58. The first-order valence-corrected chi connectivity index (χ1v) is 4.89. The summed E-state index contributed by atoms with van der Waals surface area (Å²) < 4.78 is 5.67. The zero-order chi connectivity index (χ0) is 8.81. The SMILES string of the molecule is CC1CC[C@@H](CCNCCN)O1. The van der Waals surface area contributed by atoms with Gasteiger partial charge in [-0.3, -0.25) is 0 Å². The lowest BCUT2D eigenvalue weighted by atomic mass is 10.1. The van der Waals surface area contributed by atoms with Gasteiger partial charge in [0.1, 0.15) is 0 Å². The highest BCUT2D eigenvalue weighted by Crippen LogP contribution is 2.20. The summed E-state index contributed by atoms with van der Waals surface area (Å²) in [5, 5.41) is 3.27. The Morgan fingerprint density at radius 3 is 2.83 bits per heavy atom. The monoisotopic (exact) mass is 172 g/mol. The van der Waals surface area contributed by atoms with E-state index in [1.54, 1.807) is 0 Å². The molecule has 1 rings (SSSR count). The highest BCUT2D eigenvalue weighted by atomic mass is 16.5. The van der Waals surface area contributed by atoms with E-state index in [-0.39, 0.29) is 0 Å². The molecule has 3 heteroatoms. The van der Waals surface area contributed by atoms with Gasteiger partial charge in [0.25, 0.3) is 0 Å². The van der Waals surface area contributed by atoms with Crippen molar-refractivity contribution in [3.05, 3.63) is 0 Å². The molecule has 0 aromatic heterocycles. The van der Waals surface area contributed by atoms with E-state index in [0.29, 0.717) is 12.2 Å². The third kappa shape index (κ3) is 3.52. The maximum absolute atomic E-state index is 5.67. The first-order chi connectivity index (χ1) is 5.83. The molecule has 12 heavy (non-hydrogen) atoms. The molecule has 0 radical (unpaired) electrons. The van der Waals surface area contributed by atoms with Crippen molar-refractivity contribution in [3.8, 4) is 0 Å². The predicted octanol–water partition coefficient (Wildman–Crippen LogP) is 0.492. The Hall–Kier alpha value is -0.120. The Balaban J connectivity index is 1.93. The number of hydrogen-bond acceptors (Lipinski definition) is 3. The van der Waals surface area contributed by atoms with Crippen molar-refractivity contribution in [2.45, 2.75) is 38.4 Å². The molecule has 1 unspecified atom stereocenters. The van der Waals surface area contributed by atoms with E-state index in [1.807, 2.05) is 0 Å². The van der Waals surface area contributed by atoms with E-state index in [2.05, 4.69) is 12.2 Å². The lowest BCUT2D eigenvalue weighted by Crippen LogP contribution is -2.26. The molecule has 0 amide bonds. The number of nitrogens with two attached hydrogens (primary N) is 1. The molecule has 3 nitrogen and oxygen atoms in total. The predicted molar refractivity (Wildman–Crippen MR) is 50.1 cm³/mol. The van der Waals surface area contributed by atoms with Crippen molar-refractivity contribution in [2.75, 3.05) is 19.6 Å². The maximum Gasteiger partial charge on any atom is 0.0591 e. The van der Waals surface area contributed by atoms with Crippen LogP contribution in [0.5, 0.6) is 0 Å². The van der Waals surface area contributed by atoms with Gasteiger partial charge in [0.2, 0.25) is 0 Å². The van der Waals surface area contributed by atoms with Gasteiger partial charge < -0.3 is 15.8 Å². The fourth-order valence-corrected chi connectivity index (χ4v) is 1.59. The van der Waals surface area contributed by atoms with Crippen molar-refractivity contribution in [3.63, 3.8) is 0 Å². The molecule has 72 valence electrons. The van der Waals surface area contributed by atoms with Crippen molar-refractivity contribution in [1.82, 2.24) is 5.32 Å². The van der Waals surface area contributed by atoms with Crippen LogP contribution in [0.2, 0.25) is 0 Å². The van der Waals surface area contributed by atoms with Gasteiger partial charge in [0, 0.05) is 13.1 Å². The fourth-order valence-electron chi connectivity index (χ4n) is 1.59. The molecular weight excluding hydrogens is 152 g/mol. The van der Waals surface area contributed by atoms with Gasteiger partial charge >= 0.3 is 0 Å². The molecule has 0 saturated carbocycles. The van der Waals surface area contributed by atoms with Crippen molar-refractivity contribution < 1.29 is 4.74 Å². The van der Waals surface area contributed by atoms with Gasteiger partial charge in [0.15, 0.2) is 0 Å². The summed E-state index contributed by atoms with van der Waals surface area (Å²) in [7, 11) is 0. The molecule has 0 aromatic carbocycles. The summed E-state index contributed by atoms with van der Waals surface area (Å²) in [6.07, 6.45) is 4.55. The second kappa shape index (κ2) is 5.51. The minimum Gasteiger partial charge on any atom is -0.375 e. The largest absolute Gasteiger partial charge is 0.375 e. The van der Waals surface area contributed by atoms with Gasteiger partial charge in [0.05, 0.1) is 12.2 Å². The number of hydrogen-bond donors (Lipinski definition) is 2. The van der Waals surface area contributed by atoms with Gasteiger partial charge in [-0.15, -0.1) is 0 Å². The van der Waals surface area contributed by atoms with E-state index >= 15 is 0 Å². The first kappa shape index (κ1) is 9.96. The topological polar surface area (TPSA) is 47.3 Å². The molecular formula is C9H20N2O. The number of rotatable bonds is 5. The van der Waals surface area contributed by atoms with Crippen LogP contribution >= 0.6 is 0 Å². The van der Waals surface area contributed by atoms with E-state index < -0.39 is 0 Å². The summed E-state index contributed by atoms with van der Waals surface area (Å²) >= 11 is 0. The van der Waals surface area contributed by atoms with Crippen LogP contribution < -0.4 is 11.1 Å². The van der Waals surface area contributed by atoms with Crippen LogP contribution in [0.4, 0.5) is 0 Å². The van der Waals surface area contributed by atoms with E-state index in [1.165, 1.54) is 12.8 Å². The van der Waals surface area contributed by atoms with Crippen LogP contribution in [0.15, 0.2) is 0 Å². The van der Waals surface area contributed by atoms with Crippen LogP contribution in [0.3, 0.4) is 0 Å². The second-order valence-corrected chi connectivity index (χ2v) is 3.47. The Labute approximate surface area is 74.7 Å². The average Bonchev–Trinajstić information content (AvgIpc) is 2.45. The molecule has 3 N–H and O–H groups in total. The Morgan fingerprint density at radius 2 is 2.25 bits per heavy atom. The van der Waals surface area contributed by atoms with Crippen LogP contribution in [0.25, 0.3) is 0 Å². The third-order valence-electron chi connectivity index (χ3n) is 2.28. The highest BCUT2D eigenvalue weighted by Gasteiger charge is 2.20. The fraction of sp³-hybridized carbons (Fsp3) is 1.00. The van der Waals surface area contributed by atoms with E-state index in [0.717, 1.165) is 26.1 Å². The van der Waals surface area contributed by atoms with Crippen molar-refractivity contribution in [1.29, 1.82) is 0 Å². The summed E-state index contributed by atoms with van der Waals surface area (Å²) in [6.45, 7) is 4.83. The zero-order valence-corrected chi connectivity index (χ0v) is 7.88. The van der Waals surface area contributed by atoms with E-state index in [9.17, 15) is 0 Å². The van der Waals surface area contributed by atoms with Crippen molar-refractivity contribution in [2.24, 2.45) is 5.73 Å². The quantitative estimate of drug-likeness (QED) is 0.593. The van der Waals surface area contributed by atoms with E-state index in [4.69, 9.17) is 10.5 Å². The maximum atomic E-state index is 5.67. The molecule has 1 aliphatic rings. The first-order valence-electron chi connectivity index (χ1n) is 4.89. The summed E-state index contributed by atoms with van der Waals surface area (Å²) in [6, 6.07) is 0. The third-order valence-corrected chi connectivity index (χ3v) is 2.28. The summed E-state index contributed by atoms with van der Waals surface area (Å²) in [4.78, 5) is 0. The molecule has 1 fully saturated rings. The zero-order valence-electron chi connectivity index (χ0n) is 7.88. The molecule has 1 heterocycles. The van der Waals surface area contributed by atoms with Crippen LogP contribution in [0.1, 0.15) is 26.2 Å². The molecule has 0 bridgehead atoms. The molecule has 0 aromatic rings. The molecule has 1 saturated heterocycles. The minimum atomic E-state index is 0.476. The summed E-state index contributed by atoms with van der Waals surface area (Å²) in [5.41, 5.74) is 5.35. The highest BCUT2D eigenvalue weighted by molar-refractivity contribution is 4.71.